The summed E-state index contributed by atoms with van der Waals surface area (Å²) in [7, 11) is 4.25. The Bertz CT molecular complexity index is 378. The fourth-order valence-corrected chi connectivity index (χ4v) is 2.31. The molecule has 0 aromatic carbocycles. The molecule has 0 aliphatic carbocycles. The van der Waals surface area contributed by atoms with Crippen LogP contribution in [0.1, 0.15) is 31.1 Å². The first-order valence-electron chi connectivity index (χ1n) is 6.53. The quantitative estimate of drug-likeness (QED) is 0.833. The minimum atomic E-state index is 0.0489. The van der Waals surface area contributed by atoms with Crippen molar-refractivity contribution in [3.63, 3.8) is 0 Å². The Morgan fingerprint density at radius 2 is 2.22 bits per heavy atom. The molecule has 1 aliphatic heterocycles. The molecule has 1 aliphatic rings. The molecule has 1 aromatic heterocycles. The van der Waals surface area contributed by atoms with Crippen LogP contribution in [0, 0.1) is 0 Å². The number of likely N-dealkylation sites (N-methyl/N-ethyl adjacent to an activating group) is 2. The van der Waals surface area contributed by atoms with E-state index in [-0.39, 0.29) is 12.1 Å². The molecular weight excluding hydrogens is 230 g/mol. The van der Waals surface area contributed by atoms with Gasteiger partial charge in [0.15, 0.2) is 5.82 Å². The number of nitrogens with zero attached hydrogens (tertiary/aromatic N) is 4. The van der Waals surface area contributed by atoms with E-state index in [0.717, 1.165) is 25.5 Å². The zero-order valence-electron chi connectivity index (χ0n) is 11.5. The van der Waals surface area contributed by atoms with E-state index in [1.807, 2.05) is 6.92 Å². The van der Waals surface area contributed by atoms with Gasteiger partial charge in [-0.1, -0.05) is 5.16 Å². The maximum absolute atomic E-state index is 5.74. The van der Waals surface area contributed by atoms with Crippen LogP contribution in [0.25, 0.3) is 0 Å². The first kappa shape index (κ1) is 13.5. The van der Waals surface area contributed by atoms with Gasteiger partial charge in [0.05, 0.1) is 6.04 Å². The highest BCUT2D eigenvalue weighted by atomic mass is 16.5. The van der Waals surface area contributed by atoms with Crippen LogP contribution in [0.5, 0.6) is 0 Å². The molecule has 2 rings (SSSR count). The molecule has 0 amide bonds. The summed E-state index contributed by atoms with van der Waals surface area (Å²) in [5, 5.41) is 4.11. The molecule has 0 saturated carbocycles. The van der Waals surface area contributed by atoms with Crippen LogP contribution in [-0.2, 0) is 6.42 Å². The maximum atomic E-state index is 5.74. The third kappa shape index (κ3) is 3.28. The highest BCUT2D eigenvalue weighted by Crippen LogP contribution is 2.20. The second-order valence-corrected chi connectivity index (χ2v) is 5.34. The lowest BCUT2D eigenvalue weighted by Gasteiger charge is -2.24. The topological polar surface area (TPSA) is 71.4 Å². The third-order valence-corrected chi connectivity index (χ3v) is 3.35. The van der Waals surface area contributed by atoms with E-state index in [1.165, 1.54) is 6.42 Å². The molecule has 6 nitrogen and oxygen atoms in total. The largest absolute Gasteiger partial charge is 0.339 e. The van der Waals surface area contributed by atoms with Gasteiger partial charge in [-0.2, -0.15) is 4.98 Å². The number of hydrogen-bond acceptors (Lipinski definition) is 6. The summed E-state index contributed by atoms with van der Waals surface area (Å²) in [6, 6.07) is 0.260. The molecule has 2 atom stereocenters. The zero-order valence-corrected chi connectivity index (χ0v) is 11.5. The van der Waals surface area contributed by atoms with E-state index in [2.05, 4.69) is 34.0 Å². The standard InChI is InChI=1S/C12H23N5O/c1-9(13)7-11-14-12(15-18-11)10-8-16(2)5-4-6-17(10)3/h9-10H,4-8,13H2,1-3H3. The second kappa shape index (κ2) is 5.77. The predicted octanol–water partition coefficient (Wildman–Crippen LogP) is 0.268. The minimum absolute atomic E-state index is 0.0489. The van der Waals surface area contributed by atoms with Crippen LogP contribution in [0.3, 0.4) is 0 Å². The average molecular weight is 253 g/mol. The summed E-state index contributed by atoms with van der Waals surface area (Å²) in [4.78, 5) is 9.09. The van der Waals surface area contributed by atoms with Gasteiger partial charge in [0.1, 0.15) is 0 Å². The van der Waals surface area contributed by atoms with Crippen molar-refractivity contribution in [3.05, 3.63) is 11.7 Å². The maximum Gasteiger partial charge on any atom is 0.228 e. The van der Waals surface area contributed by atoms with Gasteiger partial charge in [0.25, 0.3) is 0 Å². The molecule has 1 fully saturated rings. The number of rotatable bonds is 3. The average Bonchev–Trinajstić information content (AvgIpc) is 2.65. The normalized spacial score (nSPS) is 25.0. The summed E-state index contributed by atoms with van der Waals surface area (Å²) in [5.41, 5.74) is 5.74. The summed E-state index contributed by atoms with van der Waals surface area (Å²) in [6.07, 6.45) is 1.81. The molecule has 2 heterocycles. The molecule has 0 radical (unpaired) electrons. The third-order valence-electron chi connectivity index (χ3n) is 3.35. The van der Waals surface area contributed by atoms with Gasteiger partial charge < -0.3 is 15.2 Å². The van der Waals surface area contributed by atoms with E-state index in [1.54, 1.807) is 0 Å². The number of aromatic nitrogens is 2. The molecular formula is C12H23N5O. The molecule has 2 unspecified atom stereocenters. The molecule has 6 heteroatoms. The Morgan fingerprint density at radius 3 is 2.94 bits per heavy atom. The van der Waals surface area contributed by atoms with Gasteiger partial charge in [0, 0.05) is 19.0 Å². The van der Waals surface area contributed by atoms with Gasteiger partial charge in [-0.15, -0.1) is 0 Å². The monoisotopic (exact) mass is 253 g/mol. The van der Waals surface area contributed by atoms with Gasteiger partial charge in [-0.3, -0.25) is 4.90 Å². The van der Waals surface area contributed by atoms with Crippen molar-refractivity contribution in [2.24, 2.45) is 5.73 Å². The van der Waals surface area contributed by atoms with Crippen molar-refractivity contribution < 1.29 is 4.52 Å². The summed E-state index contributed by atoms with van der Waals surface area (Å²) in [6.45, 7) is 5.06. The highest BCUT2D eigenvalue weighted by molar-refractivity contribution is 4.97. The number of hydrogen-bond donors (Lipinski definition) is 1. The van der Waals surface area contributed by atoms with E-state index in [9.17, 15) is 0 Å². The summed E-state index contributed by atoms with van der Waals surface area (Å²) < 4.78 is 5.27. The van der Waals surface area contributed by atoms with Gasteiger partial charge in [0.2, 0.25) is 5.89 Å². The Morgan fingerprint density at radius 1 is 1.44 bits per heavy atom. The minimum Gasteiger partial charge on any atom is -0.339 e. The lowest BCUT2D eigenvalue weighted by Crippen LogP contribution is -2.31. The molecule has 1 saturated heterocycles. The van der Waals surface area contributed by atoms with Crippen molar-refractivity contribution in [3.8, 4) is 0 Å². The number of nitrogens with two attached hydrogens (primary N) is 1. The van der Waals surface area contributed by atoms with E-state index >= 15 is 0 Å². The zero-order chi connectivity index (χ0) is 13.1. The van der Waals surface area contributed by atoms with Crippen LogP contribution in [0.2, 0.25) is 0 Å². The van der Waals surface area contributed by atoms with Crippen molar-refractivity contribution in [2.45, 2.75) is 31.8 Å². The molecule has 0 bridgehead atoms. The van der Waals surface area contributed by atoms with Crippen molar-refractivity contribution in [2.75, 3.05) is 33.7 Å². The van der Waals surface area contributed by atoms with E-state index < -0.39 is 0 Å². The van der Waals surface area contributed by atoms with Crippen LogP contribution in [-0.4, -0.2) is 59.7 Å². The van der Waals surface area contributed by atoms with Crippen molar-refractivity contribution in [1.29, 1.82) is 0 Å². The van der Waals surface area contributed by atoms with Gasteiger partial charge in [-0.05, 0) is 40.5 Å². The highest BCUT2D eigenvalue weighted by Gasteiger charge is 2.26. The van der Waals surface area contributed by atoms with Crippen LogP contribution in [0.4, 0.5) is 0 Å². The van der Waals surface area contributed by atoms with Gasteiger partial charge >= 0.3 is 0 Å². The van der Waals surface area contributed by atoms with Gasteiger partial charge in [-0.25, -0.2) is 0 Å². The molecule has 2 N–H and O–H groups in total. The summed E-state index contributed by atoms with van der Waals surface area (Å²) in [5.74, 6) is 1.42. The lowest BCUT2D eigenvalue weighted by atomic mass is 10.2. The molecule has 1 aromatic rings. The van der Waals surface area contributed by atoms with Crippen LogP contribution >= 0.6 is 0 Å². The SMILES string of the molecule is CC(N)Cc1nc(C2CN(C)CCCN2C)no1. The molecule has 102 valence electrons. The molecule has 0 spiro atoms. The Labute approximate surface area is 108 Å². The van der Waals surface area contributed by atoms with E-state index in [4.69, 9.17) is 10.3 Å². The van der Waals surface area contributed by atoms with Crippen LogP contribution in [0.15, 0.2) is 4.52 Å². The smallest absolute Gasteiger partial charge is 0.228 e. The fourth-order valence-electron chi connectivity index (χ4n) is 2.31. The van der Waals surface area contributed by atoms with Crippen molar-refractivity contribution in [1.82, 2.24) is 19.9 Å². The second-order valence-electron chi connectivity index (χ2n) is 5.34. The van der Waals surface area contributed by atoms with E-state index in [0.29, 0.717) is 12.3 Å². The van der Waals surface area contributed by atoms with Crippen LogP contribution < -0.4 is 5.73 Å². The Hall–Kier alpha value is -0.980. The Balaban J connectivity index is 2.10. The summed E-state index contributed by atoms with van der Waals surface area (Å²) >= 11 is 0. The fraction of sp³-hybridized carbons (Fsp3) is 0.833. The Kier molecular flexibility index (Phi) is 4.31. The molecule has 18 heavy (non-hydrogen) atoms. The predicted molar refractivity (Wildman–Crippen MR) is 69.1 cm³/mol. The first-order valence-corrected chi connectivity index (χ1v) is 6.53. The first-order chi connectivity index (χ1) is 8.56. The van der Waals surface area contributed by atoms with Crippen molar-refractivity contribution >= 4 is 0 Å². The lowest BCUT2D eigenvalue weighted by molar-refractivity contribution is 0.214.